The molecule has 0 N–H and O–H groups in total. The van der Waals surface area contributed by atoms with Crippen molar-refractivity contribution in [3.05, 3.63) is 70.3 Å². The fraction of sp³-hybridized carbons (Fsp3) is 0.625. The van der Waals surface area contributed by atoms with Crippen LogP contribution in [-0.2, 0) is 16.6 Å². The summed E-state index contributed by atoms with van der Waals surface area (Å²) in [7, 11) is 0. The van der Waals surface area contributed by atoms with Gasteiger partial charge in [0.1, 0.15) is 11.5 Å². The molecule has 7 rings (SSSR count). The molecule has 47 heavy (non-hydrogen) atoms. The van der Waals surface area contributed by atoms with Gasteiger partial charge in [0, 0.05) is 67.3 Å². The molecule has 5 atom stereocenters. The van der Waals surface area contributed by atoms with Crippen molar-refractivity contribution in [2.75, 3.05) is 57.4 Å². The summed E-state index contributed by atoms with van der Waals surface area (Å²) in [4.78, 5) is 20.7. The number of aryl methyl sites for hydroxylation is 1. The van der Waals surface area contributed by atoms with Crippen molar-refractivity contribution in [1.82, 2.24) is 9.80 Å². The monoisotopic (exact) mass is 659 g/mol. The summed E-state index contributed by atoms with van der Waals surface area (Å²) in [5.41, 5.74) is 4.00. The number of ketones is 1. The van der Waals surface area contributed by atoms with Crippen molar-refractivity contribution in [2.24, 2.45) is 11.8 Å². The number of piperazine rings is 1. The summed E-state index contributed by atoms with van der Waals surface area (Å²) in [6, 6.07) is 13.1. The van der Waals surface area contributed by atoms with Crippen molar-refractivity contribution in [1.29, 1.82) is 0 Å². The standard InChI is InChI=1S/C40H54ClN3O3/c1-4-6-19-40(47-5-2,44-22-21-42-20-8-7-11-34(42)26-44)36-15-12-32(36)25-43-27-39(18-9-10-31-23-33(41)14-16-35(31)39)28-46-38-17-13-30(29(3)45)24-37(38)43/h6,13-14,16-17,19,23-24,32,34,36H,4-5,7-12,15,18,20-22,25-28H2,1-3H3/b19-6+/t32?,34?,36?,39-,40+/m0/s1. The molecule has 254 valence electrons. The molecule has 3 heterocycles. The number of rotatable bonds is 9. The SMILES string of the molecule is CC/C=C/[C@@](OCC)(C1CCC1CN1C[C@@]2(CCCc3cc(Cl)ccc32)COc2ccc(C(C)=O)cc21)N1CCN2CCCCC2C1. The zero-order valence-electron chi connectivity index (χ0n) is 28.8. The van der Waals surface area contributed by atoms with E-state index in [1.54, 1.807) is 6.92 Å². The summed E-state index contributed by atoms with van der Waals surface area (Å²) in [5.74, 6) is 1.84. The number of piperidine rings is 1. The minimum absolute atomic E-state index is 0.0906. The van der Waals surface area contributed by atoms with Crippen LogP contribution in [-0.4, -0.2) is 79.8 Å². The average molecular weight is 660 g/mol. The molecule has 2 saturated heterocycles. The first-order valence-corrected chi connectivity index (χ1v) is 18.9. The number of anilines is 1. The number of benzene rings is 2. The van der Waals surface area contributed by atoms with Crippen LogP contribution in [0.25, 0.3) is 0 Å². The lowest BCUT2D eigenvalue weighted by Crippen LogP contribution is -2.67. The minimum Gasteiger partial charge on any atom is -0.490 e. The Morgan fingerprint density at radius 2 is 1.98 bits per heavy atom. The van der Waals surface area contributed by atoms with E-state index >= 15 is 0 Å². The van der Waals surface area contributed by atoms with Gasteiger partial charge in [0.2, 0.25) is 0 Å². The summed E-state index contributed by atoms with van der Waals surface area (Å²) < 4.78 is 13.7. The summed E-state index contributed by atoms with van der Waals surface area (Å²) >= 11 is 6.50. The fourth-order valence-corrected chi connectivity index (χ4v) is 9.84. The first-order chi connectivity index (χ1) is 22.9. The van der Waals surface area contributed by atoms with E-state index in [9.17, 15) is 4.79 Å². The lowest BCUT2D eigenvalue weighted by molar-refractivity contribution is -0.202. The number of carbonyl (C=O) groups is 1. The van der Waals surface area contributed by atoms with Crippen LogP contribution < -0.4 is 9.64 Å². The number of ether oxygens (including phenoxy) is 2. The van der Waals surface area contributed by atoms with E-state index in [1.807, 2.05) is 18.2 Å². The molecule has 3 unspecified atom stereocenters. The number of allylic oxidation sites excluding steroid dienone is 1. The molecule has 5 aliphatic rings. The number of fused-ring (bicyclic) bond motifs is 4. The number of hydrogen-bond donors (Lipinski definition) is 0. The van der Waals surface area contributed by atoms with Crippen LogP contribution in [0.3, 0.4) is 0 Å². The van der Waals surface area contributed by atoms with Crippen LogP contribution in [0.15, 0.2) is 48.6 Å². The predicted molar refractivity (Wildman–Crippen MR) is 191 cm³/mol. The molecule has 7 heteroatoms. The largest absolute Gasteiger partial charge is 0.490 e. The molecule has 1 spiro atoms. The van der Waals surface area contributed by atoms with E-state index in [0.717, 1.165) is 80.4 Å². The van der Waals surface area contributed by atoms with Crippen molar-refractivity contribution in [2.45, 2.75) is 95.7 Å². The Morgan fingerprint density at radius 1 is 1.09 bits per heavy atom. The minimum atomic E-state index is -0.393. The number of carbonyl (C=O) groups excluding carboxylic acids is 1. The van der Waals surface area contributed by atoms with Crippen molar-refractivity contribution in [3.8, 4) is 5.75 Å². The van der Waals surface area contributed by atoms with Crippen LogP contribution in [0.4, 0.5) is 5.69 Å². The highest BCUT2D eigenvalue weighted by Gasteiger charge is 2.53. The average Bonchev–Trinajstić information content (AvgIpc) is 3.22. The second-order valence-corrected chi connectivity index (χ2v) is 15.4. The molecule has 3 fully saturated rings. The molecular formula is C40H54ClN3O3. The second-order valence-electron chi connectivity index (χ2n) is 14.9. The van der Waals surface area contributed by atoms with E-state index in [-0.39, 0.29) is 11.2 Å². The molecule has 0 radical (unpaired) electrons. The van der Waals surface area contributed by atoms with Gasteiger partial charge in [-0.1, -0.05) is 37.1 Å². The Bertz CT molecular complexity index is 1480. The first kappa shape index (κ1) is 33.1. The van der Waals surface area contributed by atoms with Crippen molar-refractivity contribution >= 4 is 23.1 Å². The van der Waals surface area contributed by atoms with Gasteiger partial charge in [-0.3, -0.25) is 14.6 Å². The molecule has 6 nitrogen and oxygen atoms in total. The van der Waals surface area contributed by atoms with Gasteiger partial charge in [-0.2, -0.15) is 0 Å². The zero-order chi connectivity index (χ0) is 32.6. The van der Waals surface area contributed by atoms with Gasteiger partial charge in [0.25, 0.3) is 0 Å². The van der Waals surface area contributed by atoms with E-state index in [1.165, 1.54) is 49.8 Å². The highest BCUT2D eigenvalue weighted by atomic mass is 35.5. The Kier molecular flexibility index (Phi) is 9.77. The Morgan fingerprint density at radius 3 is 2.77 bits per heavy atom. The van der Waals surface area contributed by atoms with Gasteiger partial charge in [-0.05, 0) is 125 Å². The van der Waals surface area contributed by atoms with E-state index in [2.05, 4.69) is 58.9 Å². The maximum Gasteiger partial charge on any atom is 0.159 e. The van der Waals surface area contributed by atoms with Gasteiger partial charge >= 0.3 is 0 Å². The van der Waals surface area contributed by atoms with Crippen LogP contribution >= 0.6 is 11.6 Å². The first-order valence-electron chi connectivity index (χ1n) is 18.5. The van der Waals surface area contributed by atoms with Crippen LogP contribution in [0.1, 0.15) is 93.6 Å². The van der Waals surface area contributed by atoms with E-state index in [0.29, 0.717) is 31.1 Å². The number of Topliss-reactive ketones (excluding diaryl/α,β-unsaturated/α-hetero) is 1. The summed E-state index contributed by atoms with van der Waals surface area (Å²) in [6.45, 7) is 13.7. The second kappa shape index (κ2) is 13.9. The molecule has 2 aromatic rings. The lowest BCUT2D eigenvalue weighted by atomic mass is 9.66. The summed E-state index contributed by atoms with van der Waals surface area (Å²) in [6.07, 6.45) is 15.4. The molecule has 0 amide bonds. The van der Waals surface area contributed by atoms with Crippen LogP contribution in [0.2, 0.25) is 5.02 Å². The molecule has 2 aliphatic carbocycles. The number of hydrogen-bond acceptors (Lipinski definition) is 6. The Labute approximate surface area is 287 Å². The number of nitrogens with zero attached hydrogens (tertiary/aromatic N) is 3. The Balaban J connectivity index is 1.24. The predicted octanol–water partition coefficient (Wildman–Crippen LogP) is 7.91. The highest BCUT2D eigenvalue weighted by molar-refractivity contribution is 6.30. The number of halogens is 1. The summed E-state index contributed by atoms with van der Waals surface area (Å²) in [5, 5.41) is 0.806. The quantitative estimate of drug-likeness (QED) is 0.201. The van der Waals surface area contributed by atoms with Gasteiger partial charge in [-0.25, -0.2) is 0 Å². The molecule has 0 bridgehead atoms. The van der Waals surface area contributed by atoms with Crippen LogP contribution in [0.5, 0.6) is 5.75 Å². The van der Waals surface area contributed by atoms with Crippen molar-refractivity contribution in [3.63, 3.8) is 0 Å². The molecule has 1 saturated carbocycles. The smallest absolute Gasteiger partial charge is 0.159 e. The van der Waals surface area contributed by atoms with Crippen molar-refractivity contribution < 1.29 is 14.3 Å². The normalized spacial score (nSPS) is 29.3. The third-order valence-electron chi connectivity index (χ3n) is 12.1. The van der Waals surface area contributed by atoms with E-state index < -0.39 is 5.72 Å². The van der Waals surface area contributed by atoms with Gasteiger partial charge in [0.15, 0.2) is 5.78 Å². The van der Waals surface area contributed by atoms with Crippen LogP contribution in [0, 0.1) is 11.8 Å². The maximum atomic E-state index is 12.6. The van der Waals surface area contributed by atoms with Gasteiger partial charge in [0.05, 0.1) is 12.3 Å². The third-order valence-corrected chi connectivity index (χ3v) is 12.4. The fourth-order valence-electron chi connectivity index (χ4n) is 9.65. The lowest BCUT2D eigenvalue weighted by Gasteiger charge is -2.57. The maximum absolute atomic E-state index is 12.6. The molecule has 3 aliphatic heterocycles. The molecule has 2 aromatic carbocycles. The van der Waals surface area contributed by atoms with Gasteiger partial charge < -0.3 is 14.4 Å². The zero-order valence-corrected chi connectivity index (χ0v) is 29.6. The third kappa shape index (κ3) is 6.29. The highest BCUT2D eigenvalue weighted by Crippen LogP contribution is 2.50. The van der Waals surface area contributed by atoms with E-state index in [4.69, 9.17) is 21.1 Å². The molecule has 0 aromatic heterocycles. The topological polar surface area (TPSA) is 45.3 Å². The van der Waals surface area contributed by atoms with Gasteiger partial charge in [-0.15, -0.1) is 0 Å². The Hall–Kier alpha value is -2.38. The molecular weight excluding hydrogens is 606 g/mol.